The molecular weight excluding hydrogens is 1420 g/mol. The molecule has 103 heavy (non-hydrogen) atoms. The molecule has 11 bridgehead atoms. The summed E-state index contributed by atoms with van der Waals surface area (Å²) in [5, 5.41) is 124. The number of nitrogens with one attached hydrogen (secondary N) is 7. The Morgan fingerprint density at radius 1 is 0.718 bits per heavy atom. The molecule has 0 spiro atoms. The van der Waals surface area contributed by atoms with Crippen molar-refractivity contribution in [3.05, 3.63) is 123 Å². The number of aliphatic carboxylic acids is 1. The van der Waals surface area contributed by atoms with Crippen molar-refractivity contribution in [1.29, 1.82) is 0 Å². The first-order valence-corrected chi connectivity index (χ1v) is 32.7. The molecular formula is C67H80Cl3N9O24. The van der Waals surface area contributed by atoms with E-state index in [0.717, 1.165) is 30.3 Å². The number of benzene rings is 5. The van der Waals surface area contributed by atoms with E-state index < -0.39 is 198 Å². The average Bonchev–Trinajstić information content (AvgIpc) is 0.770. The lowest BCUT2D eigenvalue weighted by Gasteiger charge is -2.46. The predicted octanol–water partition coefficient (Wildman–Crippen LogP) is 0.782. The van der Waals surface area contributed by atoms with Gasteiger partial charge in [0.05, 0.1) is 41.3 Å². The van der Waals surface area contributed by atoms with Gasteiger partial charge in [0.1, 0.15) is 107 Å². The molecule has 7 amide bonds. The molecule has 5 aromatic rings. The molecule has 0 aliphatic carbocycles. The number of ether oxygens (including phenoxy) is 6. The summed E-state index contributed by atoms with van der Waals surface area (Å²) in [5.74, 6) is -12.7. The number of hydrogen-bond acceptors (Lipinski definition) is 25. The molecule has 0 aromatic heterocycles. The van der Waals surface area contributed by atoms with Crippen LogP contribution < -0.4 is 58.2 Å². The summed E-state index contributed by atoms with van der Waals surface area (Å²) in [6.45, 7) is 6.60. The summed E-state index contributed by atoms with van der Waals surface area (Å²) < 4.78 is 34.3. The highest BCUT2D eigenvalue weighted by molar-refractivity contribution is 6.32. The van der Waals surface area contributed by atoms with Crippen LogP contribution in [0.1, 0.15) is 105 Å². The molecule has 2 saturated heterocycles. The van der Waals surface area contributed by atoms with Gasteiger partial charge in [-0.1, -0.05) is 55.2 Å². The van der Waals surface area contributed by atoms with E-state index >= 15 is 4.79 Å². The fourth-order valence-corrected chi connectivity index (χ4v) is 12.8. The molecule has 7 heterocycles. The van der Waals surface area contributed by atoms with Gasteiger partial charge in [-0.15, -0.1) is 12.4 Å². The van der Waals surface area contributed by atoms with E-state index in [9.17, 15) is 84.6 Å². The van der Waals surface area contributed by atoms with Crippen LogP contribution in [0.3, 0.4) is 0 Å². The molecule has 5 aromatic carbocycles. The van der Waals surface area contributed by atoms with Crippen molar-refractivity contribution in [2.45, 2.75) is 156 Å². The normalized spacial score (nSPS) is 28.8. The van der Waals surface area contributed by atoms with Gasteiger partial charge in [-0.2, -0.15) is 0 Å². The zero-order chi connectivity index (χ0) is 74.7. The number of carboxylic acids is 1. The summed E-state index contributed by atoms with van der Waals surface area (Å²) in [4.78, 5) is 113. The van der Waals surface area contributed by atoms with Crippen molar-refractivity contribution in [2.75, 3.05) is 20.8 Å². The van der Waals surface area contributed by atoms with Crippen molar-refractivity contribution < 1.29 is 118 Å². The van der Waals surface area contributed by atoms with Crippen molar-refractivity contribution in [3.8, 4) is 51.4 Å². The fourth-order valence-electron chi connectivity index (χ4n) is 12.3. The zero-order valence-corrected chi connectivity index (χ0v) is 58.1. The van der Waals surface area contributed by atoms with Gasteiger partial charge in [0.15, 0.2) is 18.6 Å². The number of methoxy groups -OCH3 is 1. The van der Waals surface area contributed by atoms with E-state index in [2.05, 4.69) is 37.2 Å². The summed E-state index contributed by atoms with van der Waals surface area (Å²) in [5.41, 5.74) is 8.85. The number of primary amides is 1. The minimum Gasteiger partial charge on any atom is -0.508 e. The predicted molar refractivity (Wildman–Crippen MR) is 363 cm³/mol. The van der Waals surface area contributed by atoms with Crippen molar-refractivity contribution in [2.24, 2.45) is 17.4 Å². The maximum atomic E-state index is 15.3. The molecule has 36 heteroatoms. The molecule has 558 valence electrons. The number of carboxylic acid groups (broad SMARTS) is 1. The Morgan fingerprint density at radius 2 is 1.31 bits per heavy atom. The molecule has 2 unspecified atom stereocenters. The van der Waals surface area contributed by atoms with Crippen molar-refractivity contribution in [1.82, 2.24) is 37.2 Å². The maximum absolute atomic E-state index is 15.3. The van der Waals surface area contributed by atoms with Crippen LogP contribution in [0.25, 0.3) is 11.1 Å². The fraction of sp³-hybridized carbons (Fsp3) is 0.433. The van der Waals surface area contributed by atoms with Crippen molar-refractivity contribution >= 4 is 82.9 Å². The lowest BCUT2D eigenvalue weighted by molar-refractivity contribution is -0.343. The van der Waals surface area contributed by atoms with Gasteiger partial charge in [0.25, 0.3) is 0 Å². The van der Waals surface area contributed by atoms with Crippen LogP contribution >= 0.6 is 35.6 Å². The molecule has 7 aliphatic heterocycles. The quantitative estimate of drug-likeness (QED) is 0.0821. The first kappa shape index (κ1) is 79.9. The molecule has 0 radical (unpaired) electrons. The Labute approximate surface area is 603 Å². The van der Waals surface area contributed by atoms with Crippen LogP contribution in [0.4, 0.5) is 0 Å². The van der Waals surface area contributed by atoms with Crippen LogP contribution in [0.5, 0.6) is 40.2 Å². The standard InChI is InChI=1S/C53H52Cl2N8O16.C14H27NO8.ClH/c1-20(2)10-32(57-3)47(70)62-43-45(68)22-5-8-36(30(54)14-22)78-26-11-24-12-27(18-26)79-37-9-6-23(15-31(37)55)46(69)44-52(75)61-42(53(76)77)29-16-25(64)17-35(66)39(29)28-13-21(4-7-34(28)65)40(49(72)63-44)60-50(73)41(24)59-48(71)33(19-38(56)67)58-51(43)74;1-6-12(19)14(2,15)4-8(21-6)23-11-10(18)9(17)7(5-16)22-13(11)20-3;/h4-9,11-18,20,32-33,40-46,57,64-66,68-69H,10,19H2,1-3H3,(H2,56,67)(H,58,74)(H,59,71)(H,60,73)(H,61,75)(H,62,70)(H,63,72)(H,76,77);6-13,16-19H,4-5,15H2,1-3H3;1H/t32-,33+,40-,41-,42+,43?,44?,45-,46-;6-,7-,8+,9-,10+,11+,12+,13-,14+;/m11./s1. The molecule has 12 rings (SSSR count). The lowest BCUT2D eigenvalue weighted by Crippen LogP contribution is -2.64. The van der Waals surface area contributed by atoms with Crippen LogP contribution in [0.2, 0.25) is 10.0 Å². The number of likely N-dealkylation sites (N-methyl/N-ethyl adjacent to an activating group) is 1. The van der Waals surface area contributed by atoms with E-state index in [4.69, 9.17) is 63.1 Å². The molecule has 0 saturated carbocycles. The number of aliphatic hydroxyl groups excluding tert-OH is 6. The monoisotopic (exact) mass is 1500 g/mol. The van der Waals surface area contributed by atoms with E-state index in [1.165, 1.54) is 68.8 Å². The number of hydrogen-bond donors (Lipinski definition) is 19. The number of carbonyl (C=O) groups excluding carboxylic acids is 7. The topological polar surface area (TPSA) is 530 Å². The number of halogens is 3. The Hall–Kier alpha value is -8.75. The van der Waals surface area contributed by atoms with Crippen molar-refractivity contribution in [3.63, 3.8) is 0 Å². The largest absolute Gasteiger partial charge is 0.508 e. The highest BCUT2D eigenvalue weighted by Gasteiger charge is 2.50. The van der Waals surface area contributed by atoms with Gasteiger partial charge < -0.3 is 128 Å². The minimum atomic E-state index is -2.15. The number of rotatable bonds is 12. The van der Waals surface area contributed by atoms with E-state index in [1.54, 1.807) is 13.8 Å². The number of carbonyl (C=O) groups is 8. The second kappa shape index (κ2) is 33.4. The molecule has 18 atom stereocenters. The van der Waals surface area contributed by atoms with E-state index in [-0.39, 0.29) is 92.0 Å². The number of phenols is 3. The summed E-state index contributed by atoms with van der Waals surface area (Å²) >= 11 is 13.5. The van der Waals surface area contributed by atoms with Gasteiger partial charge >= 0.3 is 5.97 Å². The second-order valence-electron chi connectivity index (χ2n) is 25.7. The highest BCUT2D eigenvalue weighted by atomic mass is 35.5. The van der Waals surface area contributed by atoms with Gasteiger partial charge in [-0.3, -0.25) is 33.6 Å². The zero-order valence-electron chi connectivity index (χ0n) is 55.8. The number of nitrogens with two attached hydrogens (primary N) is 2. The second-order valence-corrected chi connectivity index (χ2v) is 26.5. The van der Waals surface area contributed by atoms with Gasteiger partial charge in [0.2, 0.25) is 41.4 Å². The molecule has 2 fully saturated rings. The third-order valence-corrected chi connectivity index (χ3v) is 18.2. The van der Waals surface area contributed by atoms with Gasteiger partial charge in [-0.25, -0.2) is 4.79 Å². The van der Waals surface area contributed by atoms with Crippen LogP contribution in [-0.4, -0.2) is 198 Å². The molecule has 7 aliphatic rings. The maximum Gasteiger partial charge on any atom is 0.330 e. The molecule has 33 nitrogen and oxygen atoms in total. The van der Waals surface area contributed by atoms with Gasteiger partial charge in [0, 0.05) is 47.9 Å². The number of aliphatic hydroxyl groups is 6. The third-order valence-electron chi connectivity index (χ3n) is 17.6. The Kier molecular flexibility index (Phi) is 25.9. The number of fused-ring (bicyclic) bond motifs is 15. The number of aromatic hydroxyl groups is 3. The smallest absolute Gasteiger partial charge is 0.330 e. The lowest BCUT2D eigenvalue weighted by atomic mass is 9.86. The van der Waals surface area contributed by atoms with Crippen LogP contribution in [0, 0.1) is 5.92 Å². The van der Waals surface area contributed by atoms with E-state index in [0.29, 0.717) is 0 Å². The van der Waals surface area contributed by atoms with Gasteiger partial charge in [-0.05, 0) is 110 Å². The third kappa shape index (κ3) is 18.1. The van der Waals surface area contributed by atoms with Crippen LogP contribution in [0.15, 0.2) is 84.9 Å². The first-order chi connectivity index (χ1) is 48.1. The number of amides is 7. The summed E-state index contributed by atoms with van der Waals surface area (Å²) in [6.07, 6.45) is -12.3. The minimum absolute atomic E-state index is 0. The Bertz CT molecular complexity index is 4020. The Morgan fingerprint density at radius 3 is 1.87 bits per heavy atom. The molecule has 21 N–H and O–H groups in total. The first-order valence-electron chi connectivity index (χ1n) is 31.9. The average molecular weight is 1500 g/mol. The van der Waals surface area contributed by atoms with E-state index in [1.807, 2.05) is 13.8 Å². The van der Waals surface area contributed by atoms with Crippen LogP contribution in [-0.2, 0) is 57.3 Å². The Balaban J connectivity index is 0.000000475. The summed E-state index contributed by atoms with van der Waals surface area (Å²) in [6, 6.07) is 3.28. The summed E-state index contributed by atoms with van der Waals surface area (Å²) in [7, 11) is 2.88. The SMILES string of the molecule is CN[C@H](CC(C)C)C(=O)NC1C(=O)N[C@@H](CC(N)=O)C(=O)N[C@H]2C(=O)N[C@H]3C(=O)NC(C(=O)N[C@H](C(=O)O)c4cc(O)cc(O)c4-c4cc3ccc4O)[C@H](O)c3ccc(c(Cl)c3)Oc3cc(cc2c3)Oc2ccc(cc2Cl)[C@H]1O.CO[C@@H]1O[C@H](CO)[C@@H](O)[C@H](O)[C@@H]1O[C@H]1C[C@](C)(N)[C@@H](O)[C@@H](C)O1.Cl. The number of phenolic OH excluding ortho intramolecular Hbond substituents is 3. The highest BCUT2D eigenvalue weighted by Crippen LogP contribution is 2.45.